The number of hydrogen-bond acceptors (Lipinski definition) is 2. The summed E-state index contributed by atoms with van der Waals surface area (Å²) < 4.78 is 0. The van der Waals surface area contributed by atoms with Crippen LogP contribution in [-0.2, 0) is 4.79 Å². The number of rotatable bonds is 3. The molecule has 0 aromatic carbocycles. The molecule has 0 saturated carbocycles. The van der Waals surface area contributed by atoms with Gasteiger partial charge in [0.25, 0.3) is 0 Å². The predicted octanol–water partition coefficient (Wildman–Crippen LogP) is 0.220. The summed E-state index contributed by atoms with van der Waals surface area (Å²) in [6, 6.07) is 0.353. The molecule has 1 aliphatic heterocycles. The monoisotopic (exact) mass is 180 g/mol. The van der Waals surface area contributed by atoms with Gasteiger partial charge in [0.2, 0.25) is 5.91 Å². The number of terminal acetylenes is 1. The van der Waals surface area contributed by atoms with Crippen LogP contribution in [0.4, 0.5) is 0 Å². The molecule has 0 spiro atoms. The van der Waals surface area contributed by atoms with Crippen molar-refractivity contribution < 1.29 is 4.79 Å². The molecule has 3 nitrogen and oxygen atoms in total. The summed E-state index contributed by atoms with van der Waals surface area (Å²) in [6.45, 7) is 1.74. The van der Waals surface area contributed by atoms with E-state index < -0.39 is 0 Å². The molecule has 72 valence electrons. The van der Waals surface area contributed by atoms with Crippen LogP contribution in [-0.4, -0.2) is 37.0 Å². The van der Waals surface area contributed by atoms with Gasteiger partial charge in [-0.1, -0.05) is 5.92 Å². The fraction of sp³-hybridized carbons (Fsp3) is 0.700. The van der Waals surface area contributed by atoms with Crippen molar-refractivity contribution >= 4 is 5.91 Å². The standard InChI is InChI=1S/C10H16N2O/c1-3-5-10(13)12-7-4-6-9(12)8-11-2/h1,9,11H,4-8H2,2H3. The van der Waals surface area contributed by atoms with E-state index in [1.807, 2.05) is 11.9 Å². The van der Waals surface area contributed by atoms with E-state index in [2.05, 4.69) is 11.2 Å². The van der Waals surface area contributed by atoms with Crippen molar-refractivity contribution in [2.24, 2.45) is 0 Å². The Labute approximate surface area is 79.5 Å². The van der Waals surface area contributed by atoms with Crippen molar-refractivity contribution in [2.45, 2.75) is 25.3 Å². The highest BCUT2D eigenvalue weighted by molar-refractivity contribution is 5.79. The van der Waals surface area contributed by atoms with Crippen LogP contribution in [0.5, 0.6) is 0 Å². The number of nitrogens with zero attached hydrogens (tertiary/aromatic N) is 1. The summed E-state index contributed by atoms with van der Waals surface area (Å²) in [4.78, 5) is 13.4. The van der Waals surface area contributed by atoms with Crippen LogP contribution in [0.15, 0.2) is 0 Å². The molecule has 1 aliphatic rings. The predicted molar refractivity (Wildman–Crippen MR) is 52.1 cm³/mol. The highest BCUT2D eigenvalue weighted by atomic mass is 16.2. The van der Waals surface area contributed by atoms with Crippen LogP contribution >= 0.6 is 0 Å². The summed E-state index contributed by atoms with van der Waals surface area (Å²) in [5.41, 5.74) is 0. The highest BCUT2D eigenvalue weighted by Gasteiger charge is 2.26. The molecule has 13 heavy (non-hydrogen) atoms. The lowest BCUT2D eigenvalue weighted by atomic mass is 10.2. The SMILES string of the molecule is C#CCC(=O)N1CCCC1CNC. The van der Waals surface area contributed by atoms with Gasteiger partial charge in [-0.05, 0) is 19.9 Å². The Kier molecular flexibility index (Phi) is 3.78. The van der Waals surface area contributed by atoms with Crippen molar-refractivity contribution in [3.05, 3.63) is 0 Å². The minimum absolute atomic E-state index is 0.0975. The zero-order valence-corrected chi connectivity index (χ0v) is 8.05. The highest BCUT2D eigenvalue weighted by Crippen LogP contribution is 2.17. The molecule has 1 unspecified atom stereocenters. The Bertz CT molecular complexity index is 219. The van der Waals surface area contributed by atoms with E-state index in [-0.39, 0.29) is 12.3 Å². The van der Waals surface area contributed by atoms with Gasteiger partial charge >= 0.3 is 0 Å². The second-order valence-corrected chi connectivity index (χ2v) is 3.32. The van der Waals surface area contributed by atoms with Crippen molar-refractivity contribution in [1.29, 1.82) is 0 Å². The van der Waals surface area contributed by atoms with Crippen LogP contribution in [0, 0.1) is 12.3 Å². The fourth-order valence-electron chi connectivity index (χ4n) is 1.80. The molecule has 0 radical (unpaired) electrons. The third-order valence-electron chi connectivity index (χ3n) is 2.39. The average molecular weight is 180 g/mol. The summed E-state index contributed by atoms with van der Waals surface area (Å²) >= 11 is 0. The van der Waals surface area contributed by atoms with Gasteiger partial charge in [0.15, 0.2) is 0 Å². The minimum Gasteiger partial charge on any atom is -0.338 e. The summed E-state index contributed by atoms with van der Waals surface area (Å²) in [5.74, 6) is 2.49. The van der Waals surface area contributed by atoms with Crippen LogP contribution in [0.25, 0.3) is 0 Å². The topological polar surface area (TPSA) is 32.3 Å². The molecule has 1 N–H and O–H groups in total. The van der Waals surface area contributed by atoms with E-state index >= 15 is 0 Å². The Morgan fingerprint density at radius 3 is 3.15 bits per heavy atom. The minimum atomic E-state index is 0.0975. The third kappa shape index (κ3) is 2.46. The molecule has 0 aromatic rings. The summed E-state index contributed by atoms with van der Waals surface area (Å²) in [6.07, 6.45) is 7.53. The number of amides is 1. The first-order valence-corrected chi connectivity index (χ1v) is 4.67. The number of carbonyl (C=O) groups excluding carboxylic acids is 1. The zero-order valence-electron chi connectivity index (χ0n) is 8.05. The van der Waals surface area contributed by atoms with E-state index in [4.69, 9.17) is 6.42 Å². The van der Waals surface area contributed by atoms with E-state index in [0.717, 1.165) is 25.9 Å². The second-order valence-electron chi connectivity index (χ2n) is 3.32. The summed E-state index contributed by atoms with van der Waals surface area (Å²) in [7, 11) is 1.90. The molecule has 0 bridgehead atoms. The van der Waals surface area contributed by atoms with Crippen molar-refractivity contribution in [3.63, 3.8) is 0 Å². The molecule has 1 amide bonds. The Hall–Kier alpha value is -1.01. The Morgan fingerprint density at radius 1 is 1.77 bits per heavy atom. The van der Waals surface area contributed by atoms with Crippen LogP contribution < -0.4 is 5.32 Å². The van der Waals surface area contributed by atoms with Gasteiger partial charge in [0.05, 0.1) is 6.42 Å². The number of likely N-dealkylation sites (tertiary alicyclic amines) is 1. The van der Waals surface area contributed by atoms with E-state index in [1.165, 1.54) is 0 Å². The molecule has 1 atom stereocenters. The molecular weight excluding hydrogens is 164 g/mol. The van der Waals surface area contributed by atoms with Gasteiger partial charge in [-0.25, -0.2) is 0 Å². The second kappa shape index (κ2) is 4.88. The number of carbonyl (C=O) groups is 1. The van der Waals surface area contributed by atoms with Gasteiger partial charge in [-0.3, -0.25) is 4.79 Å². The van der Waals surface area contributed by atoms with Gasteiger partial charge in [-0.2, -0.15) is 0 Å². The van der Waals surface area contributed by atoms with Crippen molar-refractivity contribution in [1.82, 2.24) is 10.2 Å². The molecule has 1 heterocycles. The maximum Gasteiger partial charge on any atom is 0.234 e. The van der Waals surface area contributed by atoms with E-state index in [9.17, 15) is 4.79 Å². The fourth-order valence-corrected chi connectivity index (χ4v) is 1.80. The van der Waals surface area contributed by atoms with Gasteiger partial charge < -0.3 is 10.2 Å². The van der Waals surface area contributed by atoms with Crippen molar-refractivity contribution in [3.8, 4) is 12.3 Å². The number of likely N-dealkylation sites (N-methyl/N-ethyl adjacent to an activating group) is 1. The largest absolute Gasteiger partial charge is 0.338 e. The molecule has 1 rings (SSSR count). The van der Waals surface area contributed by atoms with E-state index in [1.54, 1.807) is 0 Å². The molecular formula is C10H16N2O. The first kappa shape index (κ1) is 10.1. The lowest BCUT2D eigenvalue weighted by Crippen LogP contribution is -2.40. The first-order valence-electron chi connectivity index (χ1n) is 4.67. The molecule has 0 aromatic heterocycles. The van der Waals surface area contributed by atoms with Gasteiger partial charge in [-0.15, -0.1) is 6.42 Å². The van der Waals surface area contributed by atoms with Crippen LogP contribution in [0.1, 0.15) is 19.3 Å². The molecule has 0 aliphatic carbocycles. The average Bonchev–Trinajstić information content (AvgIpc) is 2.54. The molecule has 1 saturated heterocycles. The quantitative estimate of drug-likeness (QED) is 0.630. The zero-order chi connectivity index (χ0) is 9.68. The maximum absolute atomic E-state index is 11.5. The van der Waals surface area contributed by atoms with Gasteiger partial charge in [0, 0.05) is 19.1 Å². The smallest absolute Gasteiger partial charge is 0.234 e. The normalized spacial score (nSPS) is 21.5. The number of hydrogen-bond donors (Lipinski definition) is 1. The van der Waals surface area contributed by atoms with Crippen molar-refractivity contribution in [2.75, 3.05) is 20.1 Å². The Balaban J connectivity index is 2.48. The Morgan fingerprint density at radius 2 is 2.54 bits per heavy atom. The molecule has 1 fully saturated rings. The number of nitrogens with one attached hydrogen (secondary N) is 1. The lowest BCUT2D eigenvalue weighted by Gasteiger charge is -2.23. The van der Waals surface area contributed by atoms with Gasteiger partial charge in [0.1, 0.15) is 0 Å². The summed E-state index contributed by atoms with van der Waals surface area (Å²) in [5, 5.41) is 3.09. The molecule has 3 heteroatoms. The first-order chi connectivity index (χ1) is 6.29. The van der Waals surface area contributed by atoms with Crippen LogP contribution in [0.2, 0.25) is 0 Å². The van der Waals surface area contributed by atoms with Crippen LogP contribution in [0.3, 0.4) is 0 Å². The lowest BCUT2D eigenvalue weighted by molar-refractivity contribution is -0.130. The maximum atomic E-state index is 11.5. The third-order valence-corrected chi connectivity index (χ3v) is 2.39. The van der Waals surface area contributed by atoms with E-state index in [0.29, 0.717) is 6.04 Å².